The number of aromatic nitrogens is 3. The first kappa shape index (κ1) is 19.7. The lowest BCUT2D eigenvalue weighted by Crippen LogP contribution is -2.31. The molecule has 25 heavy (non-hydrogen) atoms. The number of hydrogen-bond acceptors (Lipinski definition) is 4. The molecule has 1 aromatic heterocycles. The van der Waals surface area contributed by atoms with E-state index < -0.39 is 0 Å². The number of rotatable bonds is 3. The summed E-state index contributed by atoms with van der Waals surface area (Å²) in [6.45, 7) is 5.78. The van der Waals surface area contributed by atoms with Gasteiger partial charge in [0.15, 0.2) is 5.69 Å². The summed E-state index contributed by atoms with van der Waals surface area (Å²) in [6.07, 6.45) is 2.00. The molecule has 8 heteroatoms. The highest BCUT2D eigenvalue weighted by molar-refractivity contribution is 6.31. The van der Waals surface area contributed by atoms with Crippen molar-refractivity contribution in [1.82, 2.24) is 20.3 Å². The number of nitrogens with zero attached hydrogens (tertiary/aromatic N) is 4. The fourth-order valence-electron chi connectivity index (χ4n) is 3.00. The van der Waals surface area contributed by atoms with Crippen LogP contribution in [0.15, 0.2) is 18.2 Å². The summed E-state index contributed by atoms with van der Waals surface area (Å²) in [5.74, 6) is -0.174. The van der Waals surface area contributed by atoms with Crippen molar-refractivity contribution in [2.45, 2.75) is 32.7 Å². The van der Waals surface area contributed by atoms with Crippen molar-refractivity contribution in [3.8, 4) is 0 Å². The zero-order valence-electron chi connectivity index (χ0n) is 14.6. The Morgan fingerprint density at radius 3 is 2.64 bits per heavy atom. The van der Waals surface area contributed by atoms with Crippen molar-refractivity contribution >= 4 is 35.6 Å². The average Bonchev–Trinajstić information content (AvgIpc) is 2.98. The van der Waals surface area contributed by atoms with Crippen molar-refractivity contribution in [3.63, 3.8) is 0 Å². The molecule has 1 aliphatic rings. The van der Waals surface area contributed by atoms with E-state index in [2.05, 4.69) is 15.6 Å². The number of nitrogens with one attached hydrogen (secondary N) is 1. The molecule has 3 rings (SSSR count). The molecule has 1 amide bonds. The molecule has 0 bridgehead atoms. The van der Waals surface area contributed by atoms with E-state index >= 15 is 0 Å². The Kier molecular flexibility index (Phi) is 6.43. The maximum atomic E-state index is 12.8. The van der Waals surface area contributed by atoms with Crippen molar-refractivity contribution in [1.29, 1.82) is 0 Å². The van der Waals surface area contributed by atoms with Gasteiger partial charge in [0.25, 0.3) is 5.91 Å². The minimum atomic E-state index is -0.174. The highest BCUT2D eigenvalue weighted by Crippen LogP contribution is 2.25. The number of halogens is 2. The highest BCUT2D eigenvalue weighted by Gasteiger charge is 2.25. The third-order valence-electron chi connectivity index (χ3n) is 4.63. The number of anilines is 1. The summed E-state index contributed by atoms with van der Waals surface area (Å²) in [5, 5.41) is 12.4. The van der Waals surface area contributed by atoms with Crippen LogP contribution in [0.3, 0.4) is 0 Å². The molecule has 2 heterocycles. The van der Waals surface area contributed by atoms with E-state index in [-0.39, 0.29) is 18.3 Å². The van der Waals surface area contributed by atoms with Crippen LogP contribution in [-0.4, -0.2) is 41.0 Å². The molecule has 1 aromatic carbocycles. The maximum absolute atomic E-state index is 12.8. The van der Waals surface area contributed by atoms with Gasteiger partial charge in [0, 0.05) is 17.8 Å². The molecule has 0 radical (unpaired) electrons. The molecule has 0 aliphatic carbocycles. The van der Waals surface area contributed by atoms with E-state index in [1.165, 1.54) is 0 Å². The number of carbonyl (C=O) groups excluding carboxylic acids is 1. The molecule has 1 saturated heterocycles. The molecule has 1 fully saturated rings. The van der Waals surface area contributed by atoms with Crippen LogP contribution in [0, 0.1) is 13.8 Å². The van der Waals surface area contributed by atoms with E-state index in [1.807, 2.05) is 30.7 Å². The number of piperidine rings is 1. The minimum absolute atomic E-state index is 0. The van der Waals surface area contributed by atoms with Crippen molar-refractivity contribution in [3.05, 3.63) is 40.2 Å². The first-order valence-corrected chi connectivity index (χ1v) is 8.53. The Balaban J connectivity index is 0.00000225. The van der Waals surface area contributed by atoms with E-state index in [9.17, 15) is 4.79 Å². The Labute approximate surface area is 158 Å². The Morgan fingerprint density at radius 2 is 2.00 bits per heavy atom. The molecular weight excluding hydrogens is 361 g/mol. The number of aryl methyl sites for hydroxylation is 1. The molecule has 6 nitrogen and oxygen atoms in total. The second-order valence-electron chi connectivity index (χ2n) is 6.25. The van der Waals surface area contributed by atoms with Crippen LogP contribution in [-0.2, 0) is 0 Å². The van der Waals surface area contributed by atoms with Crippen LogP contribution in [0.4, 0.5) is 5.69 Å². The Morgan fingerprint density at radius 1 is 1.32 bits per heavy atom. The summed E-state index contributed by atoms with van der Waals surface area (Å²) in [7, 11) is 1.73. The van der Waals surface area contributed by atoms with E-state index in [0.29, 0.717) is 16.8 Å². The van der Waals surface area contributed by atoms with E-state index in [0.717, 1.165) is 42.9 Å². The first-order chi connectivity index (χ1) is 11.5. The largest absolute Gasteiger partial charge is 0.317 e. The summed E-state index contributed by atoms with van der Waals surface area (Å²) < 4.78 is 1.89. The van der Waals surface area contributed by atoms with E-state index in [4.69, 9.17) is 11.6 Å². The number of carbonyl (C=O) groups is 1. The Bertz CT molecular complexity index is 755. The molecule has 0 saturated carbocycles. The van der Waals surface area contributed by atoms with Gasteiger partial charge in [-0.15, -0.1) is 17.5 Å². The standard InChI is InChI=1S/C17H22ClN5O.ClH/c1-11-4-5-14(10-15(11)18)22(3)17(24)16-12(2)23(21-20-16)13-6-8-19-9-7-13;/h4-5,10,13,19H,6-9H2,1-3H3;1H. The minimum Gasteiger partial charge on any atom is -0.317 e. The van der Waals surface area contributed by atoms with Crippen molar-refractivity contribution < 1.29 is 4.79 Å². The number of hydrogen-bond donors (Lipinski definition) is 1. The normalized spacial score (nSPS) is 14.9. The molecular formula is C17H23Cl2N5O. The van der Waals surface area contributed by atoms with Crippen LogP contribution < -0.4 is 10.2 Å². The van der Waals surface area contributed by atoms with Gasteiger partial charge in [-0.25, -0.2) is 4.68 Å². The fourth-order valence-corrected chi connectivity index (χ4v) is 3.18. The second-order valence-corrected chi connectivity index (χ2v) is 6.65. The molecule has 136 valence electrons. The topological polar surface area (TPSA) is 63.1 Å². The third kappa shape index (κ3) is 3.97. The van der Waals surface area contributed by atoms with Crippen LogP contribution in [0.2, 0.25) is 5.02 Å². The van der Waals surface area contributed by atoms with Gasteiger partial charge in [0.05, 0.1) is 11.7 Å². The summed E-state index contributed by atoms with van der Waals surface area (Å²) in [6, 6.07) is 5.88. The van der Waals surface area contributed by atoms with E-state index in [1.54, 1.807) is 18.0 Å². The molecule has 1 N–H and O–H groups in total. The van der Waals surface area contributed by atoms with Gasteiger partial charge < -0.3 is 10.2 Å². The summed E-state index contributed by atoms with van der Waals surface area (Å²) in [5.41, 5.74) is 2.94. The average molecular weight is 384 g/mol. The van der Waals surface area contributed by atoms with Gasteiger partial charge in [-0.05, 0) is 57.5 Å². The zero-order chi connectivity index (χ0) is 17.3. The van der Waals surface area contributed by atoms with Gasteiger partial charge in [0.2, 0.25) is 0 Å². The van der Waals surface area contributed by atoms with Crippen LogP contribution >= 0.6 is 24.0 Å². The summed E-state index contributed by atoms with van der Waals surface area (Å²) >= 11 is 6.17. The van der Waals surface area contributed by atoms with Gasteiger partial charge in [-0.3, -0.25) is 4.79 Å². The first-order valence-electron chi connectivity index (χ1n) is 8.15. The number of amides is 1. The van der Waals surface area contributed by atoms with Gasteiger partial charge in [0.1, 0.15) is 0 Å². The zero-order valence-corrected chi connectivity index (χ0v) is 16.2. The molecule has 2 aromatic rings. The van der Waals surface area contributed by atoms with Crippen LogP contribution in [0.5, 0.6) is 0 Å². The van der Waals surface area contributed by atoms with Crippen LogP contribution in [0.25, 0.3) is 0 Å². The molecule has 0 atom stereocenters. The van der Waals surface area contributed by atoms with Gasteiger partial charge in [-0.2, -0.15) is 0 Å². The SMILES string of the molecule is Cc1ccc(N(C)C(=O)c2nnn(C3CCNCC3)c2C)cc1Cl.Cl. The summed E-state index contributed by atoms with van der Waals surface area (Å²) in [4.78, 5) is 14.4. The van der Waals surface area contributed by atoms with Gasteiger partial charge >= 0.3 is 0 Å². The quantitative estimate of drug-likeness (QED) is 0.883. The molecule has 1 aliphatic heterocycles. The smallest absolute Gasteiger partial charge is 0.280 e. The number of benzene rings is 1. The molecule has 0 spiro atoms. The van der Waals surface area contributed by atoms with Gasteiger partial charge in [-0.1, -0.05) is 22.9 Å². The lowest BCUT2D eigenvalue weighted by molar-refractivity contribution is 0.0987. The van der Waals surface area contributed by atoms with Crippen LogP contribution in [0.1, 0.15) is 40.6 Å². The monoisotopic (exact) mass is 383 g/mol. The third-order valence-corrected chi connectivity index (χ3v) is 5.04. The lowest BCUT2D eigenvalue weighted by Gasteiger charge is -2.23. The second kappa shape index (κ2) is 8.17. The fraction of sp³-hybridized carbons (Fsp3) is 0.471. The highest BCUT2D eigenvalue weighted by atomic mass is 35.5. The lowest BCUT2D eigenvalue weighted by atomic mass is 10.1. The maximum Gasteiger partial charge on any atom is 0.280 e. The molecule has 0 unspecified atom stereocenters. The Hall–Kier alpha value is -1.63. The predicted molar refractivity (Wildman–Crippen MR) is 102 cm³/mol. The van der Waals surface area contributed by atoms with Crippen molar-refractivity contribution in [2.24, 2.45) is 0 Å². The predicted octanol–water partition coefficient (Wildman–Crippen LogP) is 3.17. The van der Waals surface area contributed by atoms with Crippen molar-refractivity contribution in [2.75, 3.05) is 25.0 Å².